The second-order valence-corrected chi connectivity index (χ2v) is 38.8. The van der Waals surface area contributed by atoms with Gasteiger partial charge in [-0.2, -0.15) is 0 Å². The van der Waals surface area contributed by atoms with Crippen LogP contribution in [0.1, 0.15) is 112 Å². The van der Waals surface area contributed by atoms with Gasteiger partial charge >= 0.3 is 264 Å². The first-order valence-electron chi connectivity index (χ1n) is 16.9. The van der Waals surface area contributed by atoms with Gasteiger partial charge in [-0.05, 0) is 0 Å². The van der Waals surface area contributed by atoms with E-state index < -0.39 is 34.9 Å². The molecule has 0 atom stereocenters. The molecule has 0 amide bonds. The molecule has 2 nitrogen and oxygen atoms in total. The molecule has 0 saturated carbocycles. The molecule has 41 heavy (non-hydrogen) atoms. The van der Waals surface area contributed by atoms with Gasteiger partial charge < -0.3 is 0 Å². The molecule has 0 radical (unpaired) electrons. The van der Waals surface area contributed by atoms with E-state index in [0.29, 0.717) is 0 Å². The van der Waals surface area contributed by atoms with Gasteiger partial charge in [-0.1, -0.05) is 0 Å². The number of nitrogens with zero attached hydrogens (tertiary/aromatic N) is 1. The van der Waals surface area contributed by atoms with E-state index in [1.165, 1.54) is 74.0 Å². The third-order valence-electron chi connectivity index (χ3n) is 10.7. The third kappa shape index (κ3) is 9.11. The molecule has 234 valence electrons. The molecular weight excluding hydrogens is 637 g/mol. The third-order valence-corrected chi connectivity index (χ3v) is 34.6. The van der Waals surface area contributed by atoms with Gasteiger partial charge in [0.25, 0.3) is 0 Å². The van der Waals surface area contributed by atoms with Crippen molar-refractivity contribution in [2.24, 2.45) is 0 Å². The quantitative estimate of drug-likeness (QED) is 0.159. The molecule has 0 aliphatic heterocycles. The Morgan fingerprint density at radius 2 is 1.29 bits per heavy atom. The molecule has 0 saturated heterocycles. The van der Waals surface area contributed by atoms with Crippen molar-refractivity contribution >= 4 is 51.9 Å². The average Bonchev–Trinajstić information content (AvgIpc) is 3.20. The normalized spacial score (nSPS) is 14.1. The number of hydrogen-bond acceptors (Lipinski definition) is 1. The summed E-state index contributed by atoms with van der Waals surface area (Å²) in [6, 6.07) is 9.28. The van der Waals surface area contributed by atoms with Gasteiger partial charge in [-0.25, -0.2) is 0 Å². The van der Waals surface area contributed by atoms with Crippen molar-refractivity contribution in [3.63, 3.8) is 0 Å². The molecule has 0 N–H and O–H groups in total. The summed E-state index contributed by atoms with van der Waals surface area (Å²) < 4.78 is 17.1. The number of rotatable bonds is 16. The van der Waals surface area contributed by atoms with Gasteiger partial charge in [-0.15, -0.1) is 0 Å². The van der Waals surface area contributed by atoms with E-state index in [1.54, 1.807) is 0 Å². The molecule has 5 heteroatoms. The zero-order valence-corrected chi connectivity index (χ0v) is 34.5. The van der Waals surface area contributed by atoms with E-state index in [0.717, 1.165) is 13.0 Å². The molecule has 0 aliphatic carbocycles. The van der Waals surface area contributed by atoms with E-state index >= 15 is 0 Å². The molecular formula is C36H67NOSi2Sn. The molecule has 0 unspecified atom stereocenters. The fourth-order valence-electron chi connectivity index (χ4n) is 5.79. The number of aromatic nitrogens is 1. The molecule has 2 rings (SSSR count). The number of para-hydroxylation sites is 1. The minimum absolute atomic E-state index is 0.233. The molecule has 1 aromatic carbocycles. The number of hydrogen-bond donors (Lipinski definition) is 0. The van der Waals surface area contributed by atoms with Crippen LogP contribution in [0.25, 0.3) is 17.0 Å². The second kappa shape index (κ2) is 15.1. The first kappa shape index (κ1) is 36.9. The summed E-state index contributed by atoms with van der Waals surface area (Å²) in [7, 11) is -3.69. The Balaban J connectivity index is 2.78. The van der Waals surface area contributed by atoms with Gasteiger partial charge in [0.1, 0.15) is 0 Å². The monoisotopic (exact) mass is 705 g/mol. The predicted molar refractivity (Wildman–Crippen MR) is 195 cm³/mol. The Morgan fingerprint density at radius 1 is 0.780 bits per heavy atom. The predicted octanol–water partition coefficient (Wildman–Crippen LogP) is 12.5. The number of unbranched alkanes of at least 4 members (excludes halogenated alkanes) is 3. The maximum atomic E-state index is 6.80. The maximum absolute atomic E-state index is 6.80. The summed E-state index contributed by atoms with van der Waals surface area (Å²) in [5, 5.41) is 1.93. The molecule has 0 bridgehead atoms. The standard InChI is InChI=1S/C24H40NOSi2.3C4H9.Sn/c1-12-21-20(17-18-26-28(10,11)24(5,6)7)19-15-13-14-16-22(19)25(21)27(8,9)23(2,3)4;3*1-3-4-2;/h1,12-16H,17-18H2,2-11H3;3*1,3-4H2,2H3;. The summed E-state index contributed by atoms with van der Waals surface area (Å²) in [5.41, 5.74) is 4.49. The zero-order valence-electron chi connectivity index (χ0n) is 29.6. The first-order chi connectivity index (χ1) is 19.0. The Morgan fingerprint density at radius 3 is 1.76 bits per heavy atom. The fraction of sp³-hybridized carbons (Fsp3) is 0.722. The van der Waals surface area contributed by atoms with Crippen molar-refractivity contribution in [2.45, 2.75) is 157 Å². The van der Waals surface area contributed by atoms with Crippen LogP contribution in [0.3, 0.4) is 0 Å². The Bertz CT molecular complexity index is 1100. The number of benzene rings is 1. The van der Waals surface area contributed by atoms with Crippen molar-refractivity contribution in [3.05, 3.63) is 39.6 Å². The van der Waals surface area contributed by atoms with Crippen molar-refractivity contribution in [3.8, 4) is 0 Å². The SMILES string of the molecule is CCC[CH2][Sn](/[CH]=C/c1c(CCO[Si](C)(C)C(C)(C)C)c2ccccc2n1[Si](C)(C)C(C)(C)C)([CH2]CCC)[CH2]CCC. The summed E-state index contributed by atoms with van der Waals surface area (Å²) in [6.07, 6.45) is 11.9. The van der Waals surface area contributed by atoms with Crippen LogP contribution >= 0.6 is 0 Å². The van der Waals surface area contributed by atoms with E-state index in [2.05, 4.69) is 127 Å². The van der Waals surface area contributed by atoms with E-state index in [1.807, 2.05) is 0 Å². The van der Waals surface area contributed by atoms with E-state index in [9.17, 15) is 0 Å². The summed E-state index contributed by atoms with van der Waals surface area (Å²) in [5.74, 6) is 0. The average molecular weight is 705 g/mol. The Labute approximate surface area is 262 Å². The Kier molecular flexibility index (Phi) is 13.6. The summed E-state index contributed by atoms with van der Waals surface area (Å²) >= 11 is -2.47. The van der Waals surface area contributed by atoms with Crippen LogP contribution in [0.4, 0.5) is 0 Å². The van der Waals surface area contributed by atoms with Gasteiger partial charge in [0.2, 0.25) is 0 Å². The van der Waals surface area contributed by atoms with Crippen molar-refractivity contribution in [1.82, 2.24) is 4.23 Å². The zero-order chi connectivity index (χ0) is 31.1. The molecule has 0 aliphatic rings. The molecule has 1 aromatic heterocycles. The van der Waals surface area contributed by atoms with E-state index in [4.69, 9.17) is 4.43 Å². The van der Waals surface area contributed by atoms with Crippen LogP contribution in [-0.2, 0) is 10.8 Å². The van der Waals surface area contributed by atoms with Crippen LogP contribution < -0.4 is 0 Å². The summed E-state index contributed by atoms with van der Waals surface area (Å²) in [4.78, 5) is 0. The first-order valence-corrected chi connectivity index (χ1v) is 30.5. The Hall–Kier alpha value is -0.308. The van der Waals surface area contributed by atoms with E-state index in [-0.39, 0.29) is 10.1 Å². The van der Waals surface area contributed by atoms with Crippen molar-refractivity contribution in [2.75, 3.05) is 6.61 Å². The van der Waals surface area contributed by atoms with Crippen LogP contribution in [0.2, 0.25) is 49.6 Å². The van der Waals surface area contributed by atoms with Gasteiger partial charge in [0.15, 0.2) is 0 Å². The number of fused-ring (bicyclic) bond motifs is 1. The van der Waals surface area contributed by atoms with Crippen LogP contribution in [-0.4, -0.2) is 45.8 Å². The molecule has 1 heterocycles. The molecule has 0 fully saturated rings. The van der Waals surface area contributed by atoms with Crippen molar-refractivity contribution < 1.29 is 4.43 Å². The molecule has 0 spiro atoms. The van der Waals surface area contributed by atoms with Crippen LogP contribution in [0.15, 0.2) is 28.4 Å². The minimum atomic E-state index is -2.47. The molecule has 2 aromatic rings. The van der Waals surface area contributed by atoms with Crippen molar-refractivity contribution in [1.29, 1.82) is 0 Å². The van der Waals surface area contributed by atoms with Gasteiger partial charge in [0.05, 0.1) is 0 Å². The van der Waals surface area contributed by atoms with Gasteiger partial charge in [-0.3, -0.25) is 0 Å². The van der Waals surface area contributed by atoms with Crippen LogP contribution in [0, 0.1) is 0 Å². The second-order valence-electron chi connectivity index (χ2n) is 15.9. The fourth-order valence-corrected chi connectivity index (χ4v) is 23.2. The topological polar surface area (TPSA) is 14.2 Å². The summed E-state index contributed by atoms with van der Waals surface area (Å²) in [6.45, 7) is 32.4. The van der Waals surface area contributed by atoms with Gasteiger partial charge in [0, 0.05) is 0 Å². The van der Waals surface area contributed by atoms with Crippen LogP contribution in [0.5, 0.6) is 0 Å².